The number of esters is 1. The number of hydrogen-bond donors (Lipinski definition) is 1. The molecule has 2 aromatic carbocycles. The number of β-lactam (4-membered cyclic amide) rings is 1. The number of benzene rings is 2. The average molecular weight is 495 g/mol. The molecular formula is C25H22N2O5S2. The molecule has 1 amide bonds. The standard InChI is InChI=1S/C25H22N2O5S2/c1-30-17-8-4-15(5-9-17)13-32-25(29)22-20(14-33-24-21(26)23(28)27(22)24)34-18-10-6-16(7-11-18)19-3-2-12-31-19/h2-12,21,24H,13-14,26H2,1H3/t21-,24-/m1/s1. The Morgan fingerprint density at radius 2 is 1.94 bits per heavy atom. The minimum Gasteiger partial charge on any atom is -0.497 e. The lowest BCUT2D eigenvalue weighted by molar-refractivity contribution is -0.151. The first-order valence-corrected chi connectivity index (χ1v) is 12.5. The van der Waals surface area contributed by atoms with Crippen LogP contribution in [0.4, 0.5) is 0 Å². The summed E-state index contributed by atoms with van der Waals surface area (Å²) in [5, 5.41) is -0.248. The van der Waals surface area contributed by atoms with Crippen LogP contribution in [0.1, 0.15) is 5.56 Å². The first kappa shape index (κ1) is 22.6. The van der Waals surface area contributed by atoms with Crippen LogP contribution in [0.25, 0.3) is 11.3 Å². The zero-order chi connectivity index (χ0) is 23.7. The quantitative estimate of drug-likeness (QED) is 0.385. The van der Waals surface area contributed by atoms with Crippen LogP contribution in [0.2, 0.25) is 0 Å². The molecule has 174 valence electrons. The summed E-state index contributed by atoms with van der Waals surface area (Å²) in [6.07, 6.45) is 1.64. The van der Waals surface area contributed by atoms with Gasteiger partial charge in [0.05, 0.1) is 13.4 Å². The van der Waals surface area contributed by atoms with Gasteiger partial charge in [-0.25, -0.2) is 4.79 Å². The summed E-state index contributed by atoms with van der Waals surface area (Å²) in [5.41, 5.74) is 8.05. The van der Waals surface area contributed by atoms with Crippen molar-refractivity contribution in [2.24, 2.45) is 5.73 Å². The van der Waals surface area contributed by atoms with Crippen molar-refractivity contribution in [3.05, 3.63) is 83.1 Å². The van der Waals surface area contributed by atoms with Crippen molar-refractivity contribution in [3.63, 3.8) is 0 Å². The maximum atomic E-state index is 13.2. The lowest BCUT2D eigenvalue weighted by Gasteiger charge is -2.48. The maximum Gasteiger partial charge on any atom is 0.356 e. The lowest BCUT2D eigenvalue weighted by Crippen LogP contribution is -2.68. The largest absolute Gasteiger partial charge is 0.497 e. The number of ether oxygens (including phenoxy) is 2. The Kier molecular flexibility index (Phi) is 6.40. The molecule has 34 heavy (non-hydrogen) atoms. The van der Waals surface area contributed by atoms with Gasteiger partial charge in [-0.15, -0.1) is 11.8 Å². The molecule has 5 rings (SSSR count). The number of methoxy groups -OCH3 is 1. The predicted octanol–water partition coefficient (Wildman–Crippen LogP) is 4.24. The Labute approximate surface area is 205 Å². The van der Waals surface area contributed by atoms with Gasteiger partial charge < -0.3 is 19.6 Å². The molecule has 0 bridgehead atoms. The smallest absolute Gasteiger partial charge is 0.356 e. The summed E-state index contributed by atoms with van der Waals surface area (Å²) in [4.78, 5) is 28.9. The van der Waals surface area contributed by atoms with Crippen molar-refractivity contribution < 1.29 is 23.5 Å². The normalized spacial score (nSPS) is 19.5. The SMILES string of the molecule is COc1ccc(COC(=O)C2=C(Sc3ccc(-c4ccco4)cc3)CS[C@@H]3[C@H](N)C(=O)N23)cc1. The van der Waals surface area contributed by atoms with Crippen LogP contribution < -0.4 is 10.5 Å². The van der Waals surface area contributed by atoms with Crippen LogP contribution >= 0.6 is 23.5 Å². The molecule has 0 spiro atoms. The Balaban J connectivity index is 1.37. The molecule has 2 atom stereocenters. The molecule has 1 saturated heterocycles. The summed E-state index contributed by atoms with van der Waals surface area (Å²) < 4.78 is 16.2. The van der Waals surface area contributed by atoms with Crippen LogP contribution in [-0.4, -0.2) is 41.1 Å². The third-order valence-electron chi connectivity index (χ3n) is 5.60. The maximum absolute atomic E-state index is 13.2. The second kappa shape index (κ2) is 9.61. The minimum atomic E-state index is -0.603. The van der Waals surface area contributed by atoms with Crippen molar-refractivity contribution in [2.75, 3.05) is 12.9 Å². The molecule has 2 aliphatic heterocycles. The molecule has 0 radical (unpaired) electrons. The number of nitrogens with two attached hydrogens (primary N) is 1. The average Bonchev–Trinajstić information content (AvgIpc) is 3.42. The van der Waals surface area contributed by atoms with E-state index < -0.39 is 12.0 Å². The van der Waals surface area contributed by atoms with Gasteiger partial charge in [0.1, 0.15) is 35.2 Å². The van der Waals surface area contributed by atoms with Gasteiger partial charge in [0.15, 0.2) is 0 Å². The predicted molar refractivity (Wildman–Crippen MR) is 131 cm³/mol. The molecule has 0 unspecified atom stereocenters. The number of fused-ring (bicyclic) bond motifs is 1. The fourth-order valence-electron chi connectivity index (χ4n) is 3.77. The Bertz CT molecular complexity index is 1220. The van der Waals surface area contributed by atoms with E-state index in [1.165, 1.54) is 16.7 Å². The first-order chi connectivity index (χ1) is 16.5. The van der Waals surface area contributed by atoms with Gasteiger partial charge >= 0.3 is 5.97 Å². The third-order valence-corrected chi connectivity index (χ3v) is 8.17. The molecule has 3 aromatic rings. The van der Waals surface area contributed by atoms with Gasteiger partial charge in [0.25, 0.3) is 0 Å². The van der Waals surface area contributed by atoms with Crippen molar-refractivity contribution in [2.45, 2.75) is 22.9 Å². The molecule has 7 nitrogen and oxygen atoms in total. The number of thioether (sulfide) groups is 2. The first-order valence-electron chi connectivity index (χ1n) is 10.6. The Hall–Kier alpha value is -3.14. The highest BCUT2D eigenvalue weighted by Crippen LogP contribution is 2.45. The molecule has 3 heterocycles. The van der Waals surface area contributed by atoms with E-state index in [2.05, 4.69) is 0 Å². The van der Waals surface area contributed by atoms with Gasteiger partial charge in [-0.1, -0.05) is 36.0 Å². The lowest BCUT2D eigenvalue weighted by atomic mass is 10.1. The fourth-order valence-corrected chi connectivity index (χ4v) is 6.18. The van der Waals surface area contributed by atoms with Gasteiger partial charge in [0, 0.05) is 21.1 Å². The van der Waals surface area contributed by atoms with E-state index in [9.17, 15) is 9.59 Å². The molecular weight excluding hydrogens is 472 g/mol. The number of nitrogens with zero attached hydrogens (tertiary/aromatic N) is 1. The van der Waals surface area contributed by atoms with Gasteiger partial charge in [-0.2, -0.15) is 0 Å². The number of hydrogen-bond acceptors (Lipinski definition) is 8. The summed E-state index contributed by atoms with van der Waals surface area (Å²) in [6.45, 7) is 0.0913. The zero-order valence-corrected chi connectivity index (χ0v) is 19.9. The fraction of sp³-hybridized carbons (Fsp3) is 0.200. The van der Waals surface area contributed by atoms with E-state index in [4.69, 9.17) is 19.6 Å². The summed E-state index contributed by atoms with van der Waals surface area (Å²) >= 11 is 3.01. The van der Waals surface area contributed by atoms with E-state index in [1.54, 1.807) is 37.3 Å². The van der Waals surface area contributed by atoms with E-state index >= 15 is 0 Å². The van der Waals surface area contributed by atoms with Gasteiger partial charge in [-0.05, 0) is 42.0 Å². The molecule has 2 N–H and O–H groups in total. The molecule has 2 aliphatic rings. The monoisotopic (exact) mass is 494 g/mol. The van der Waals surface area contributed by atoms with Crippen molar-refractivity contribution in [1.29, 1.82) is 0 Å². The highest BCUT2D eigenvalue weighted by atomic mass is 32.2. The summed E-state index contributed by atoms with van der Waals surface area (Å²) in [7, 11) is 1.59. The second-order valence-corrected chi connectivity index (χ2v) is 10.0. The zero-order valence-electron chi connectivity index (χ0n) is 18.3. The topological polar surface area (TPSA) is 95.0 Å². The highest BCUT2D eigenvalue weighted by Gasteiger charge is 2.52. The van der Waals surface area contributed by atoms with Gasteiger partial charge in [0.2, 0.25) is 5.91 Å². The molecule has 0 aliphatic carbocycles. The van der Waals surface area contributed by atoms with Crippen LogP contribution in [0.15, 0.2) is 86.8 Å². The molecule has 0 saturated carbocycles. The van der Waals surface area contributed by atoms with Crippen molar-refractivity contribution >= 4 is 35.4 Å². The minimum absolute atomic E-state index is 0.0913. The number of rotatable bonds is 7. The van der Waals surface area contributed by atoms with Crippen LogP contribution in [-0.2, 0) is 20.9 Å². The van der Waals surface area contributed by atoms with E-state index in [-0.39, 0.29) is 23.6 Å². The third kappa shape index (κ3) is 4.34. The van der Waals surface area contributed by atoms with Crippen LogP contribution in [0, 0.1) is 0 Å². The highest BCUT2D eigenvalue weighted by molar-refractivity contribution is 8.06. The molecule has 1 fully saturated rings. The number of furan rings is 1. The molecule has 9 heteroatoms. The van der Waals surface area contributed by atoms with E-state index in [0.717, 1.165) is 32.4 Å². The Morgan fingerprint density at radius 3 is 2.62 bits per heavy atom. The number of carbonyl (C=O) groups excluding carboxylic acids is 2. The van der Waals surface area contributed by atoms with Crippen molar-refractivity contribution in [1.82, 2.24) is 4.90 Å². The molecule has 1 aromatic heterocycles. The number of carbonyl (C=O) groups is 2. The summed E-state index contributed by atoms with van der Waals surface area (Å²) in [6, 6.07) is 18.3. The number of amides is 1. The van der Waals surface area contributed by atoms with Crippen LogP contribution in [0.3, 0.4) is 0 Å². The van der Waals surface area contributed by atoms with Crippen molar-refractivity contribution in [3.8, 4) is 17.1 Å². The van der Waals surface area contributed by atoms with Crippen LogP contribution in [0.5, 0.6) is 5.75 Å². The Morgan fingerprint density at radius 1 is 1.18 bits per heavy atom. The van der Waals surface area contributed by atoms with E-state index in [0.29, 0.717) is 5.75 Å². The van der Waals surface area contributed by atoms with Gasteiger partial charge in [-0.3, -0.25) is 9.69 Å². The van der Waals surface area contributed by atoms with E-state index in [1.807, 2.05) is 48.5 Å². The summed E-state index contributed by atoms with van der Waals surface area (Å²) in [5.74, 6) is 1.28. The second-order valence-electron chi connectivity index (χ2n) is 7.74.